The molecule has 1 rings (SSSR count). The van der Waals surface area contributed by atoms with Crippen molar-refractivity contribution in [1.29, 1.82) is 0 Å². The van der Waals surface area contributed by atoms with Crippen LogP contribution in [0.4, 0.5) is 0 Å². The minimum atomic E-state index is 0.518. The maximum Gasteiger partial charge on any atom is 0.0811 e. The van der Waals surface area contributed by atoms with Gasteiger partial charge < -0.3 is 0 Å². The standard InChI is InChI=1S/C10H19NO/c1-2-9-7-10(8-9)5-3-4-6-11-12/h9-10H,2-8H2,1H3. The van der Waals surface area contributed by atoms with E-state index in [1.807, 2.05) is 0 Å². The smallest absolute Gasteiger partial charge is 0.0811 e. The number of hydrogen-bond acceptors (Lipinski definition) is 2. The first-order chi connectivity index (χ1) is 5.86. The van der Waals surface area contributed by atoms with Gasteiger partial charge in [-0.2, -0.15) is 4.91 Å². The van der Waals surface area contributed by atoms with E-state index in [-0.39, 0.29) is 0 Å². The van der Waals surface area contributed by atoms with Crippen molar-refractivity contribution >= 4 is 0 Å². The van der Waals surface area contributed by atoms with Crippen LogP contribution in [-0.2, 0) is 0 Å². The third kappa shape index (κ3) is 2.92. The monoisotopic (exact) mass is 169 g/mol. The van der Waals surface area contributed by atoms with Crippen LogP contribution in [0.1, 0.15) is 45.4 Å². The van der Waals surface area contributed by atoms with E-state index in [0.717, 1.165) is 18.3 Å². The number of unbranched alkanes of at least 4 members (excludes halogenated alkanes) is 1. The second-order valence-corrected chi connectivity index (χ2v) is 3.96. The van der Waals surface area contributed by atoms with Crippen molar-refractivity contribution in [2.24, 2.45) is 17.0 Å². The zero-order valence-corrected chi connectivity index (χ0v) is 7.96. The van der Waals surface area contributed by atoms with Crippen molar-refractivity contribution in [3.05, 3.63) is 4.91 Å². The Bertz CT molecular complexity index is 130. The van der Waals surface area contributed by atoms with Gasteiger partial charge in [-0.05, 0) is 31.1 Å². The van der Waals surface area contributed by atoms with E-state index in [1.54, 1.807) is 0 Å². The summed E-state index contributed by atoms with van der Waals surface area (Å²) in [5.41, 5.74) is 0. The highest BCUT2D eigenvalue weighted by Crippen LogP contribution is 2.38. The largest absolute Gasteiger partial charge is 0.151 e. The molecule has 2 nitrogen and oxygen atoms in total. The second kappa shape index (κ2) is 5.28. The van der Waals surface area contributed by atoms with Gasteiger partial charge in [0.25, 0.3) is 0 Å². The Kier molecular flexibility index (Phi) is 4.26. The van der Waals surface area contributed by atoms with Gasteiger partial charge in [-0.3, -0.25) is 0 Å². The molecule has 2 heteroatoms. The molecule has 0 spiro atoms. The van der Waals surface area contributed by atoms with Gasteiger partial charge >= 0.3 is 0 Å². The summed E-state index contributed by atoms with van der Waals surface area (Å²) in [4.78, 5) is 9.78. The van der Waals surface area contributed by atoms with E-state index in [9.17, 15) is 4.91 Å². The Labute approximate surface area is 74.7 Å². The molecule has 0 aromatic rings. The quantitative estimate of drug-likeness (QED) is 0.443. The molecule has 0 unspecified atom stereocenters. The van der Waals surface area contributed by atoms with Crippen LogP contribution in [0, 0.1) is 16.7 Å². The zero-order chi connectivity index (χ0) is 8.81. The van der Waals surface area contributed by atoms with E-state index >= 15 is 0 Å². The van der Waals surface area contributed by atoms with Crippen LogP contribution in [0.3, 0.4) is 0 Å². The van der Waals surface area contributed by atoms with Gasteiger partial charge in [0.1, 0.15) is 0 Å². The van der Waals surface area contributed by atoms with Crippen LogP contribution in [-0.4, -0.2) is 6.54 Å². The second-order valence-electron chi connectivity index (χ2n) is 3.96. The lowest BCUT2D eigenvalue weighted by atomic mass is 9.71. The topological polar surface area (TPSA) is 29.4 Å². The number of hydrogen-bond donors (Lipinski definition) is 0. The molecule has 1 aliphatic carbocycles. The fourth-order valence-electron chi connectivity index (χ4n) is 2.05. The maximum atomic E-state index is 9.78. The first-order valence-electron chi connectivity index (χ1n) is 5.16. The highest BCUT2D eigenvalue weighted by Gasteiger charge is 2.26. The van der Waals surface area contributed by atoms with E-state index in [4.69, 9.17) is 0 Å². The molecular weight excluding hydrogens is 150 g/mol. The first kappa shape index (κ1) is 9.69. The number of nitroso groups, excluding NO2 is 1. The molecule has 0 amide bonds. The number of rotatable bonds is 6. The van der Waals surface area contributed by atoms with E-state index in [2.05, 4.69) is 12.1 Å². The average Bonchev–Trinajstić information content (AvgIpc) is 2.01. The Morgan fingerprint density at radius 1 is 1.25 bits per heavy atom. The first-order valence-corrected chi connectivity index (χ1v) is 5.16. The molecule has 1 saturated carbocycles. The lowest BCUT2D eigenvalue weighted by Gasteiger charge is -2.34. The van der Waals surface area contributed by atoms with Crippen LogP contribution >= 0.6 is 0 Å². The molecule has 0 atom stereocenters. The molecule has 0 bridgehead atoms. The molecule has 1 aliphatic rings. The number of nitrogens with zero attached hydrogens (tertiary/aromatic N) is 1. The molecule has 12 heavy (non-hydrogen) atoms. The van der Waals surface area contributed by atoms with Crippen LogP contribution in [0.2, 0.25) is 0 Å². The van der Waals surface area contributed by atoms with E-state index in [0.29, 0.717) is 6.54 Å². The average molecular weight is 169 g/mol. The Balaban J connectivity index is 1.86. The lowest BCUT2D eigenvalue weighted by Crippen LogP contribution is -2.22. The maximum absolute atomic E-state index is 9.78. The molecule has 0 aliphatic heterocycles. The molecule has 0 heterocycles. The van der Waals surface area contributed by atoms with Crippen molar-refractivity contribution in [2.45, 2.75) is 45.4 Å². The van der Waals surface area contributed by atoms with Crippen molar-refractivity contribution in [3.8, 4) is 0 Å². The highest BCUT2D eigenvalue weighted by molar-refractivity contribution is 4.78. The Morgan fingerprint density at radius 2 is 2.00 bits per heavy atom. The summed E-state index contributed by atoms with van der Waals surface area (Å²) in [7, 11) is 0. The summed E-state index contributed by atoms with van der Waals surface area (Å²) >= 11 is 0. The van der Waals surface area contributed by atoms with E-state index < -0.39 is 0 Å². The van der Waals surface area contributed by atoms with Crippen LogP contribution in [0.25, 0.3) is 0 Å². The molecule has 0 radical (unpaired) electrons. The SMILES string of the molecule is CCC1CC(CCCCN=O)C1. The van der Waals surface area contributed by atoms with Crippen molar-refractivity contribution < 1.29 is 0 Å². The normalized spacial score (nSPS) is 28.1. The van der Waals surface area contributed by atoms with Gasteiger partial charge in [-0.15, -0.1) is 0 Å². The molecule has 0 saturated heterocycles. The van der Waals surface area contributed by atoms with Gasteiger partial charge in [0.05, 0.1) is 6.54 Å². The summed E-state index contributed by atoms with van der Waals surface area (Å²) < 4.78 is 0. The van der Waals surface area contributed by atoms with Crippen LogP contribution in [0.5, 0.6) is 0 Å². The minimum absolute atomic E-state index is 0.518. The van der Waals surface area contributed by atoms with Crippen molar-refractivity contribution in [2.75, 3.05) is 6.54 Å². The fraction of sp³-hybridized carbons (Fsp3) is 1.00. The summed E-state index contributed by atoms with van der Waals surface area (Å²) in [5, 5.41) is 2.86. The third-order valence-corrected chi connectivity index (χ3v) is 3.02. The summed E-state index contributed by atoms with van der Waals surface area (Å²) in [6.45, 7) is 2.79. The predicted molar refractivity (Wildman–Crippen MR) is 51.0 cm³/mol. The fourth-order valence-corrected chi connectivity index (χ4v) is 2.05. The summed E-state index contributed by atoms with van der Waals surface area (Å²) in [6.07, 6.45) is 7.75. The van der Waals surface area contributed by atoms with Gasteiger partial charge in [0.2, 0.25) is 0 Å². The highest BCUT2D eigenvalue weighted by atomic mass is 16.3. The van der Waals surface area contributed by atoms with Crippen molar-refractivity contribution in [1.82, 2.24) is 0 Å². The Morgan fingerprint density at radius 3 is 2.58 bits per heavy atom. The molecule has 0 aromatic carbocycles. The van der Waals surface area contributed by atoms with Gasteiger partial charge in [-0.1, -0.05) is 31.4 Å². The predicted octanol–water partition coefficient (Wildman–Crippen LogP) is 3.36. The lowest BCUT2D eigenvalue weighted by molar-refractivity contribution is 0.173. The molecule has 0 aromatic heterocycles. The van der Waals surface area contributed by atoms with Crippen LogP contribution < -0.4 is 0 Å². The molecule has 0 N–H and O–H groups in total. The van der Waals surface area contributed by atoms with Gasteiger partial charge in [0, 0.05) is 0 Å². The van der Waals surface area contributed by atoms with Crippen molar-refractivity contribution in [3.63, 3.8) is 0 Å². The Hall–Kier alpha value is -0.400. The van der Waals surface area contributed by atoms with E-state index in [1.165, 1.54) is 32.1 Å². The molecule has 70 valence electrons. The molecular formula is C10H19NO. The summed E-state index contributed by atoms with van der Waals surface area (Å²) in [6, 6.07) is 0. The third-order valence-electron chi connectivity index (χ3n) is 3.02. The van der Waals surface area contributed by atoms with Gasteiger partial charge in [-0.25, -0.2) is 0 Å². The zero-order valence-electron chi connectivity index (χ0n) is 7.96. The van der Waals surface area contributed by atoms with Gasteiger partial charge in [0.15, 0.2) is 0 Å². The van der Waals surface area contributed by atoms with Crippen LogP contribution in [0.15, 0.2) is 5.18 Å². The molecule has 1 fully saturated rings. The minimum Gasteiger partial charge on any atom is -0.151 e. The summed E-state index contributed by atoms with van der Waals surface area (Å²) in [5.74, 6) is 1.99.